The highest BCUT2D eigenvalue weighted by atomic mass is 15.0. The van der Waals surface area contributed by atoms with Gasteiger partial charge < -0.3 is 11.1 Å². The molecule has 0 fully saturated rings. The normalized spacial score (nSPS) is 11.7. The maximum absolute atomic E-state index is 5.02. The summed E-state index contributed by atoms with van der Waals surface area (Å²) in [6.07, 6.45) is 5.64. The molecule has 0 spiro atoms. The van der Waals surface area contributed by atoms with Crippen LogP contribution in [0.5, 0.6) is 0 Å². The van der Waals surface area contributed by atoms with Crippen molar-refractivity contribution >= 4 is 12.7 Å². The van der Waals surface area contributed by atoms with Crippen molar-refractivity contribution in [2.75, 3.05) is 0 Å². The third-order valence-corrected chi connectivity index (χ3v) is 0.691. The van der Waals surface area contributed by atoms with E-state index >= 15 is 0 Å². The first kappa shape index (κ1) is 9.42. The van der Waals surface area contributed by atoms with E-state index in [1.54, 1.807) is 0 Å². The molecule has 11 heavy (non-hydrogen) atoms. The van der Waals surface area contributed by atoms with Gasteiger partial charge in [-0.2, -0.15) is 0 Å². The molecule has 0 aliphatic carbocycles. The molecular weight excluding hydrogens is 140 g/mol. The first-order valence-corrected chi connectivity index (χ1v) is 3.09. The number of nitrogens with zero attached hydrogens (tertiary/aromatic N) is 2. The predicted molar refractivity (Wildman–Crippen MR) is 48.3 cm³/mol. The van der Waals surface area contributed by atoms with Crippen molar-refractivity contribution in [3.63, 3.8) is 0 Å². The van der Waals surface area contributed by atoms with Gasteiger partial charge >= 0.3 is 0 Å². The molecule has 0 unspecified atom stereocenters. The lowest BCUT2D eigenvalue weighted by Gasteiger charge is -1.91. The molecule has 0 atom stereocenters. The molecule has 4 heteroatoms. The Labute approximate surface area is 66.2 Å². The van der Waals surface area contributed by atoms with Gasteiger partial charge in [-0.05, 0) is 6.92 Å². The van der Waals surface area contributed by atoms with Gasteiger partial charge in [0.15, 0.2) is 0 Å². The summed E-state index contributed by atoms with van der Waals surface area (Å²) >= 11 is 0. The van der Waals surface area contributed by atoms with E-state index in [9.17, 15) is 0 Å². The smallest absolute Gasteiger partial charge is 0.117 e. The Balaban J connectivity index is 3.51. The van der Waals surface area contributed by atoms with Crippen molar-refractivity contribution in [2.45, 2.75) is 6.92 Å². The van der Waals surface area contributed by atoms with Crippen LogP contribution in [0.1, 0.15) is 6.92 Å². The molecule has 0 saturated heterocycles. The molecule has 0 aromatic heterocycles. The topological polar surface area (TPSA) is 62.8 Å². The Morgan fingerprint density at radius 2 is 2.27 bits per heavy atom. The second-order valence-electron chi connectivity index (χ2n) is 1.81. The number of allylic oxidation sites excluding steroid dienone is 1. The van der Waals surface area contributed by atoms with Gasteiger partial charge in [0, 0.05) is 18.1 Å². The van der Waals surface area contributed by atoms with Crippen molar-refractivity contribution in [3.8, 4) is 0 Å². The summed E-state index contributed by atoms with van der Waals surface area (Å²) in [5.41, 5.74) is 5.85. The van der Waals surface area contributed by atoms with Gasteiger partial charge in [0.25, 0.3) is 0 Å². The molecule has 0 aromatic carbocycles. The molecule has 0 rings (SSSR count). The first-order chi connectivity index (χ1) is 5.27. The number of hydrogen-bond donors (Lipinski definition) is 2. The van der Waals surface area contributed by atoms with Crippen molar-refractivity contribution in [1.29, 1.82) is 0 Å². The summed E-state index contributed by atoms with van der Waals surface area (Å²) in [6, 6.07) is 0. The van der Waals surface area contributed by atoms with Crippen LogP contribution < -0.4 is 11.1 Å². The minimum atomic E-state index is 0.830. The van der Waals surface area contributed by atoms with Crippen LogP contribution in [0.3, 0.4) is 0 Å². The standard InChI is InChI=1S/C7H12N4/c1-7(2)11-6-10-5-9-4-3-8/h3-6H,1,8H2,2H3,(H,9,10,11)/b4-3-. The highest BCUT2D eigenvalue weighted by Crippen LogP contribution is 1.72. The molecule has 0 aliphatic heterocycles. The minimum Gasteiger partial charge on any atom is -0.403 e. The van der Waals surface area contributed by atoms with E-state index in [0.29, 0.717) is 0 Å². The molecule has 0 aromatic rings. The van der Waals surface area contributed by atoms with Gasteiger partial charge in [0.1, 0.15) is 6.34 Å². The highest BCUT2D eigenvalue weighted by Gasteiger charge is 1.71. The quantitative estimate of drug-likeness (QED) is 0.457. The highest BCUT2D eigenvalue weighted by molar-refractivity contribution is 5.71. The second kappa shape index (κ2) is 6.54. The molecule has 0 aliphatic rings. The van der Waals surface area contributed by atoms with Crippen molar-refractivity contribution in [1.82, 2.24) is 5.32 Å². The lowest BCUT2D eigenvalue weighted by atomic mass is 10.6. The van der Waals surface area contributed by atoms with Crippen LogP contribution in [0.4, 0.5) is 0 Å². The van der Waals surface area contributed by atoms with Crippen LogP contribution in [0.25, 0.3) is 0 Å². The molecule has 0 amide bonds. The summed E-state index contributed by atoms with van der Waals surface area (Å²) in [5.74, 6) is 0. The van der Waals surface area contributed by atoms with Crippen molar-refractivity contribution in [2.24, 2.45) is 15.7 Å². The molecule has 0 saturated carbocycles. The van der Waals surface area contributed by atoms with E-state index in [4.69, 9.17) is 5.73 Å². The van der Waals surface area contributed by atoms with Gasteiger partial charge in [0.05, 0.1) is 6.34 Å². The van der Waals surface area contributed by atoms with Crippen LogP contribution in [-0.2, 0) is 0 Å². The van der Waals surface area contributed by atoms with Gasteiger partial charge in [-0.1, -0.05) is 6.58 Å². The summed E-state index contributed by atoms with van der Waals surface area (Å²) in [4.78, 5) is 7.44. The summed E-state index contributed by atoms with van der Waals surface area (Å²) in [7, 11) is 0. The largest absolute Gasteiger partial charge is 0.403 e. The number of nitrogens with one attached hydrogen (secondary N) is 1. The SMILES string of the molecule is C=C(C)NC=NC=N/C=C\N. The van der Waals surface area contributed by atoms with Crippen LogP contribution in [0, 0.1) is 0 Å². The van der Waals surface area contributed by atoms with E-state index in [1.807, 2.05) is 6.92 Å². The zero-order valence-corrected chi connectivity index (χ0v) is 6.49. The second-order valence-corrected chi connectivity index (χ2v) is 1.81. The van der Waals surface area contributed by atoms with Gasteiger partial charge in [0.2, 0.25) is 0 Å². The average Bonchev–Trinajstić information content (AvgIpc) is 1.96. The maximum Gasteiger partial charge on any atom is 0.117 e. The lowest BCUT2D eigenvalue weighted by molar-refractivity contribution is 1.16. The molecule has 4 nitrogen and oxygen atoms in total. The fourth-order valence-corrected chi connectivity index (χ4v) is 0.307. The number of rotatable bonds is 4. The van der Waals surface area contributed by atoms with Crippen LogP contribution in [-0.4, -0.2) is 12.7 Å². The Morgan fingerprint density at radius 1 is 1.55 bits per heavy atom. The van der Waals surface area contributed by atoms with Crippen molar-refractivity contribution < 1.29 is 0 Å². The van der Waals surface area contributed by atoms with Crippen LogP contribution in [0.2, 0.25) is 0 Å². The van der Waals surface area contributed by atoms with Crippen LogP contribution in [0.15, 0.2) is 34.7 Å². The number of nitrogens with two attached hydrogens (primary N) is 1. The monoisotopic (exact) mass is 152 g/mol. The number of aliphatic imine (C=N–C) groups is 2. The first-order valence-electron chi connectivity index (χ1n) is 3.09. The molecule has 60 valence electrons. The average molecular weight is 152 g/mol. The Kier molecular flexibility index (Phi) is 5.60. The van der Waals surface area contributed by atoms with E-state index in [2.05, 4.69) is 21.9 Å². The fourth-order valence-electron chi connectivity index (χ4n) is 0.307. The van der Waals surface area contributed by atoms with Crippen molar-refractivity contribution in [3.05, 3.63) is 24.7 Å². The predicted octanol–water partition coefficient (Wildman–Crippen LogP) is 0.596. The molecule has 0 radical (unpaired) electrons. The third-order valence-electron chi connectivity index (χ3n) is 0.691. The summed E-state index contributed by atoms with van der Waals surface area (Å²) in [6.45, 7) is 5.44. The third kappa shape index (κ3) is 8.42. The summed E-state index contributed by atoms with van der Waals surface area (Å²) < 4.78 is 0. The van der Waals surface area contributed by atoms with E-state index in [0.717, 1.165) is 5.70 Å². The maximum atomic E-state index is 5.02. The Morgan fingerprint density at radius 3 is 2.82 bits per heavy atom. The van der Waals surface area contributed by atoms with Gasteiger partial charge in [-0.3, -0.25) is 0 Å². The van der Waals surface area contributed by atoms with Gasteiger partial charge in [-0.15, -0.1) is 0 Å². The van der Waals surface area contributed by atoms with E-state index in [1.165, 1.54) is 25.1 Å². The van der Waals surface area contributed by atoms with E-state index < -0.39 is 0 Å². The minimum absolute atomic E-state index is 0.830. The molecule has 0 bridgehead atoms. The Hall–Kier alpha value is -1.58. The molecule has 0 heterocycles. The lowest BCUT2D eigenvalue weighted by Crippen LogP contribution is -2.05. The van der Waals surface area contributed by atoms with Crippen LogP contribution >= 0.6 is 0 Å². The number of hydrogen-bond acceptors (Lipinski definition) is 2. The Bertz CT molecular complexity index is 191. The summed E-state index contributed by atoms with van der Waals surface area (Å²) in [5, 5.41) is 2.79. The molecular formula is C7H12N4. The fraction of sp³-hybridized carbons (Fsp3) is 0.143. The molecule has 3 N–H and O–H groups in total. The van der Waals surface area contributed by atoms with E-state index in [-0.39, 0.29) is 0 Å². The van der Waals surface area contributed by atoms with Gasteiger partial charge in [-0.25, -0.2) is 9.98 Å². The zero-order chi connectivity index (χ0) is 8.53. The zero-order valence-electron chi connectivity index (χ0n) is 6.49.